The Morgan fingerprint density at radius 2 is 2.05 bits per heavy atom. The van der Waals surface area contributed by atoms with Crippen molar-refractivity contribution < 1.29 is 14.3 Å². The first-order chi connectivity index (χ1) is 9.08. The number of Topliss-reactive ketones (excluding diaryl/α,β-unsaturated/α-hetero) is 1. The molecule has 1 saturated carbocycles. The van der Waals surface area contributed by atoms with Gasteiger partial charge in [0, 0.05) is 11.8 Å². The van der Waals surface area contributed by atoms with Crippen molar-refractivity contribution in [3.63, 3.8) is 0 Å². The molecule has 0 unspecified atom stereocenters. The van der Waals surface area contributed by atoms with Crippen molar-refractivity contribution >= 4 is 11.8 Å². The molecule has 0 saturated heterocycles. The Kier molecular flexibility index (Phi) is 4.03. The molecule has 2 atom stereocenters. The summed E-state index contributed by atoms with van der Waals surface area (Å²) in [5, 5.41) is 0. The van der Waals surface area contributed by atoms with E-state index >= 15 is 0 Å². The summed E-state index contributed by atoms with van der Waals surface area (Å²) in [6.45, 7) is 1.91. The lowest BCUT2D eigenvalue weighted by atomic mass is 9.74. The highest BCUT2D eigenvalue weighted by Crippen LogP contribution is 2.44. The first kappa shape index (κ1) is 13.8. The van der Waals surface area contributed by atoms with Crippen LogP contribution in [-0.2, 0) is 20.7 Å². The van der Waals surface area contributed by atoms with E-state index in [4.69, 9.17) is 4.74 Å². The van der Waals surface area contributed by atoms with Crippen LogP contribution < -0.4 is 0 Å². The van der Waals surface area contributed by atoms with E-state index < -0.39 is 5.41 Å². The molecule has 0 radical (unpaired) electrons. The zero-order chi connectivity index (χ0) is 13.9. The van der Waals surface area contributed by atoms with Gasteiger partial charge in [-0.05, 0) is 24.8 Å². The number of ketones is 1. The van der Waals surface area contributed by atoms with Crippen molar-refractivity contribution in [3.05, 3.63) is 35.9 Å². The Labute approximate surface area is 114 Å². The monoisotopic (exact) mass is 260 g/mol. The molecule has 1 fully saturated rings. The van der Waals surface area contributed by atoms with Gasteiger partial charge in [0.25, 0.3) is 0 Å². The topological polar surface area (TPSA) is 43.4 Å². The van der Waals surface area contributed by atoms with Crippen molar-refractivity contribution in [2.75, 3.05) is 7.11 Å². The predicted molar refractivity (Wildman–Crippen MR) is 72.6 cm³/mol. The molecular formula is C16H20O3. The van der Waals surface area contributed by atoms with Crippen LogP contribution in [0.1, 0.15) is 31.7 Å². The van der Waals surface area contributed by atoms with E-state index in [2.05, 4.69) is 12.1 Å². The molecule has 19 heavy (non-hydrogen) atoms. The summed E-state index contributed by atoms with van der Waals surface area (Å²) < 4.78 is 4.84. The van der Waals surface area contributed by atoms with Gasteiger partial charge in [-0.2, -0.15) is 0 Å². The van der Waals surface area contributed by atoms with Crippen LogP contribution in [-0.4, -0.2) is 18.9 Å². The average Bonchev–Trinajstić information content (AvgIpc) is 2.74. The Morgan fingerprint density at radius 1 is 1.37 bits per heavy atom. The van der Waals surface area contributed by atoms with Crippen LogP contribution in [0.3, 0.4) is 0 Å². The standard InChI is InChI=1S/C16H20O3/c1-16(11-10-12-6-4-3-5-7-12)13(15(18)19-2)8-9-14(16)17/h3-7,13H,8-11H2,1-2H3/t13-,16-/m1/s1. The minimum absolute atomic E-state index is 0.193. The second-order valence-corrected chi connectivity index (χ2v) is 5.44. The SMILES string of the molecule is COC(=O)[C@H]1CCC(=O)[C@]1(C)CCc1ccccc1. The molecule has 0 aliphatic heterocycles. The molecule has 3 heteroatoms. The van der Waals surface area contributed by atoms with Gasteiger partial charge < -0.3 is 4.74 Å². The minimum atomic E-state index is -0.567. The highest BCUT2D eigenvalue weighted by molar-refractivity contribution is 5.93. The van der Waals surface area contributed by atoms with Gasteiger partial charge in [0.05, 0.1) is 13.0 Å². The summed E-state index contributed by atoms with van der Waals surface area (Å²) in [5.41, 5.74) is 0.634. The van der Waals surface area contributed by atoms with E-state index in [9.17, 15) is 9.59 Å². The van der Waals surface area contributed by atoms with Crippen LogP contribution in [0.25, 0.3) is 0 Å². The van der Waals surface area contributed by atoms with E-state index in [0.29, 0.717) is 19.3 Å². The lowest BCUT2D eigenvalue weighted by molar-refractivity contribution is -0.151. The summed E-state index contributed by atoms with van der Waals surface area (Å²) >= 11 is 0. The number of ether oxygens (including phenoxy) is 1. The van der Waals surface area contributed by atoms with Gasteiger partial charge in [-0.15, -0.1) is 0 Å². The van der Waals surface area contributed by atoms with Gasteiger partial charge >= 0.3 is 5.97 Å². The van der Waals surface area contributed by atoms with E-state index in [1.807, 2.05) is 25.1 Å². The van der Waals surface area contributed by atoms with Crippen LogP contribution in [0, 0.1) is 11.3 Å². The average molecular weight is 260 g/mol. The molecule has 2 rings (SSSR count). The number of rotatable bonds is 4. The number of methoxy groups -OCH3 is 1. The Bertz CT molecular complexity index is 466. The fourth-order valence-corrected chi connectivity index (χ4v) is 2.96. The minimum Gasteiger partial charge on any atom is -0.469 e. The smallest absolute Gasteiger partial charge is 0.309 e. The molecule has 1 aromatic carbocycles. The molecule has 0 amide bonds. The third-order valence-electron chi connectivity index (χ3n) is 4.33. The molecule has 102 valence electrons. The fourth-order valence-electron chi connectivity index (χ4n) is 2.96. The number of esters is 1. The third kappa shape index (κ3) is 2.70. The maximum Gasteiger partial charge on any atom is 0.309 e. The molecular weight excluding hydrogens is 240 g/mol. The van der Waals surface area contributed by atoms with Crippen molar-refractivity contribution in [2.24, 2.45) is 11.3 Å². The van der Waals surface area contributed by atoms with E-state index in [0.717, 1.165) is 6.42 Å². The molecule has 0 bridgehead atoms. The predicted octanol–water partition coefficient (Wildman–Crippen LogP) is 2.78. The van der Waals surface area contributed by atoms with E-state index in [-0.39, 0.29) is 17.7 Å². The Balaban J connectivity index is 2.10. The lowest BCUT2D eigenvalue weighted by Gasteiger charge is -2.28. The van der Waals surface area contributed by atoms with Gasteiger partial charge in [0.1, 0.15) is 5.78 Å². The van der Waals surface area contributed by atoms with Crippen LogP contribution in [0.2, 0.25) is 0 Å². The third-order valence-corrected chi connectivity index (χ3v) is 4.33. The number of hydrogen-bond acceptors (Lipinski definition) is 3. The number of carbonyl (C=O) groups is 2. The first-order valence-corrected chi connectivity index (χ1v) is 6.73. The summed E-state index contributed by atoms with van der Waals surface area (Å²) in [7, 11) is 1.39. The molecule has 0 heterocycles. The first-order valence-electron chi connectivity index (χ1n) is 6.73. The maximum absolute atomic E-state index is 12.1. The van der Waals surface area contributed by atoms with Gasteiger partial charge in [0.15, 0.2) is 0 Å². The fraction of sp³-hybridized carbons (Fsp3) is 0.500. The van der Waals surface area contributed by atoms with Crippen LogP contribution in [0.4, 0.5) is 0 Å². The van der Waals surface area contributed by atoms with Crippen molar-refractivity contribution in [1.82, 2.24) is 0 Å². The second-order valence-electron chi connectivity index (χ2n) is 5.44. The van der Waals surface area contributed by atoms with Gasteiger partial charge in [-0.25, -0.2) is 0 Å². The zero-order valence-corrected chi connectivity index (χ0v) is 11.5. The highest BCUT2D eigenvalue weighted by Gasteiger charge is 2.49. The summed E-state index contributed by atoms with van der Waals surface area (Å²) in [6, 6.07) is 10.1. The molecule has 0 aromatic heterocycles. The maximum atomic E-state index is 12.1. The summed E-state index contributed by atoms with van der Waals surface area (Å²) in [4.78, 5) is 24.0. The van der Waals surface area contributed by atoms with E-state index in [1.165, 1.54) is 12.7 Å². The van der Waals surface area contributed by atoms with Crippen LogP contribution in [0.15, 0.2) is 30.3 Å². The highest BCUT2D eigenvalue weighted by atomic mass is 16.5. The van der Waals surface area contributed by atoms with Crippen LogP contribution >= 0.6 is 0 Å². The number of benzene rings is 1. The molecule has 3 nitrogen and oxygen atoms in total. The van der Waals surface area contributed by atoms with Crippen molar-refractivity contribution in [3.8, 4) is 0 Å². The molecule has 1 aliphatic carbocycles. The Morgan fingerprint density at radius 3 is 2.68 bits per heavy atom. The number of carbonyl (C=O) groups excluding carboxylic acids is 2. The number of aryl methyl sites for hydroxylation is 1. The van der Waals surface area contributed by atoms with Gasteiger partial charge in [-0.1, -0.05) is 37.3 Å². The molecule has 1 aliphatic rings. The lowest BCUT2D eigenvalue weighted by Crippen LogP contribution is -2.35. The van der Waals surface area contributed by atoms with E-state index in [1.54, 1.807) is 0 Å². The molecule has 0 N–H and O–H groups in total. The quantitative estimate of drug-likeness (QED) is 0.782. The van der Waals surface area contributed by atoms with Gasteiger partial charge in [0.2, 0.25) is 0 Å². The van der Waals surface area contributed by atoms with Crippen LogP contribution in [0.5, 0.6) is 0 Å². The Hall–Kier alpha value is -1.64. The summed E-state index contributed by atoms with van der Waals surface area (Å²) in [5.74, 6) is -0.339. The van der Waals surface area contributed by atoms with Crippen molar-refractivity contribution in [1.29, 1.82) is 0 Å². The largest absolute Gasteiger partial charge is 0.469 e. The molecule has 1 aromatic rings. The normalized spacial score (nSPS) is 26.4. The second kappa shape index (κ2) is 5.55. The van der Waals surface area contributed by atoms with Gasteiger partial charge in [-0.3, -0.25) is 9.59 Å². The zero-order valence-electron chi connectivity index (χ0n) is 11.5. The number of hydrogen-bond donors (Lipinski definition) is 0. The molecule has 0 spiro atoms. The summed E-state index contributed by atoms with van der Waals surface area (Å²) in [6.07, 6.45) is 2.63. The van der Waals surface area contributed by atoms with Crippen molar-refractivity contribution in [2.45, 2.75) is 32.6 Å².